The first-order valence-electron chi connectivity index (χ1n) is 10.0. The van der Waals surface area contributed by atoms with Crippen LogP contribution in [0.5, 0.6) is 0 Å². The second-order valence-electron chi connectivity index (χ2n) is 7.69. The van der Waals surface area contributed by atoms with Crippen LogP contribution in [-0.4, -0.2) is 35.7 Å². The van der Waals surface area contributed by atoms with Crippen LogP contribution in [0.2, 0.25) is 0 Å². The Hall–Kier alpha value is -2.37. The lowest BCUT2D eigenvalue weighted by molar-refractivity contribution is -0.139. The summed E-state index contributed by atoms with van der Waals surface area (Å²) in [6.07, 6.45) is 7.01. The van der Waals surface area contributed by atoms with E-state index in [1.54, 1.807) is 18.2 Å². The highest BCUT2D eigenvalue weighted by Crippen LogP contribution is 2.28. The molecule has 0 aromatic heterocycles. The van der Waals surface area contributed by atoms with Gasteiger partial charge < -0.3 is 15.5 Å². The van der Waals surface area contributed by atoms with Crippen molar-refractivity contribution in [2.75, 3.05) is 23.7 Å². The molecule has 146 valence electrons. The van der Waals surface area contributed by atoms with E-state index in [9.17, 15) is 14.4 Å². The maximum absolute atomic E-state index is 12.6. The Morgan fingerprint density at radius 1 is 0.889 bits per heavy atom. The Morgan fingerprint density at radius 2 is 1.52 bits per heavy atom. The van der Waals surface area contributed by atoms with E-state index in [4.69, 9.17) is 0 Å². The van der Waals surface area contributed by atoms with Crippen molar-refractivity contribution in [1.29, 1.82) is 0 Å². The number of piperidine rings is 1. The molecule has 1 aromatic carbocycles. The average Bonchev–Trinajstić information content (AvgIpc) is 2.68. The van der Waals surface area contributed by atoms with Crippen molar-refractivity contribution in [2.45, 2.75) is 51.9 Å². The monoisotopic (exact) mass is 371 g/mol. The fourth-order valence-electron chi connectivity index (χ4n) is 4.09. The van der Waals surface area contributed by atoms with E-state index in [0.717, 1.165) is 25.7 Å². The minimum Gasteiger partial charge on any atom is -0.342 e. The first-order valence-corrected chi connectivity index (χ1v) is 10.0. The Labute approximate surface area is 160 Å². The van der Waals surface area contributed by atoms with Gasteiger partial charge in [0.05, 0.1) is 0 Å². The molecule has 0 bridgehead atoms. The molecule has 1 aliphatic heterocycles. The third-order valence-electron chi connectivity index (χ3n) is 5.58. The Bertz CT molecular complexity index is 690. The van der Waals surface area contributed by atoms with Gasteiger partial charge in [-0.25, -0.2) is 0 Å². The number of carbonyl (C=O) groups excluding carboxylic acids is 3. The molecule has 3 amide bonds. The van der Waals surface area contributed by atoms with E-state index in [-0.39, 0.29) is 29.6 Å². The zero-order chi connectivity index (χ0) is 19.2. The summed E-state index contributed by atoms with van der Waals surface area (Å²) in [4.78, 5) is 38.3. The van der Waals surface area contributed by atoms with Crippen LogP contribution in [0.15, 0.2) is 24.3 Å². The van der Waals surface area contributed by atoms with E-state index in [1.807, 2.05) is 11.0 Å². The fraction of sp³-hybridized carbons (Fsp3) is 0.571. The summed E-state index contributed by atoms with van der Waals surface area (Å²) in [5.41, 5.74) is 1.33. The van der Waals surface area contributed by atoms with Crippen LogP contribution in [0, 0.1) is 11.8 Å². The second kappa shape index (κ2) is 9.02. The van der Waals surface area contributed by atoms with Gasteiger partial charge in [-0.05, 0) is 43.9 Å². The molecule has 0 radical (unpaired) electrons. The molecular formula is C21H29N3O3. The van der Waals surface area contributed by atoms with E-state index in [2.05, 4.69) is 10.6 Å². The lowest BCUT2D eigenvalue weighted by Crippen LogP contribution is -2.44. The first kappa shape index (κ1) is 19.4. The van der Waals surface area contributed by atoms with Gasteiger partial charge in [-0.1, -0.05) is 25.3 Å². The maximum Gasteiger partial charge on any atom is 0.227 e. The molecule has 1 saturated heterocycles. The van der Waals surface area contributed by atoms with Crippen LogP contribution in [0.4, 0.5) is 11.4 Å². The minimum absolute atomic E-state index is 0.0141. The molecule has 2 N–H and O–H groups in total. The average molecular weight is 371 g/mol. The summed E-state index contributed by atoms with van der Waals surface area (Å²) in [6.45, 7) is 2.78. The predicted molar refractivity (Wildman–Crippen MR) is 105 cm³/mol. The molecule has 1 saturated carbocycles. The van der Waals surface area contributed by atoms with Gasteiger partial charge in [-0.15, -0.1) is 0 Å². The van der Waals surface area contributed by atoms with E-state index < -0.39 is 0 Å². The quantitative estimate of drug-likeness (QED) is 0.851. The molecule has 3 rings (SSSR count). The predicted octanol–water partition coefficient (Wildman–Crippen LogP) is 3.40. The molecule has 6 heteroatoms. The molecule has 1 aliphatic carbocycles. The van der Waals surface area contributed by atoms with Crippen molar-refractivity contribution < 1.29 is 14.4 Å². The normalized spacial score (nSPS) is 18.8. The molecule has 0 unspecified atom stereocenters. The van der Waals surface area contributed by atoms with Gasteiger partial charge >= 0.3 is 0 Å². The summed E-state index contributed by atoms with van der Waals surface area (Å²) in [6, 6.07) is 7.14. The summed E-state index contributed by atoms with van der Waals surface area (Å²) in [5, 5.41) is 5.65. The number of amides is 3. The van der Waals surface area contributed by atoms with Crippen molar-refractivity contribution >= 4 is 29.1 Å². The van der Waals surface area contributed by atoms with Gasteiger partial charge in [0.1, 0.15) is 0 Å². The highest BCUT2D eigenvalue weighted by molar-refractivity contribution is 5.94. The van der Waals surface area contributed by atoms with Crippen molar-refractivity contribution in [3.63, 3.8) is 0 Å². The standard InChI is InChI=1S/C21H29N3O3/c1-15(25)22-18-8-5-9-19(14-18)23-20(26)16-10-12-24(13-11-16)21(27)17-6-3-2-4-7-17/h5,8-9,14,16-17H,2-4,6-7,10-13H2,1H3,(H,22,25)(H,23,26). The molecule has 1 aromatic rings. The fourth-order valence-corrected chi connectivity index (χ4v) is 4.09. The van der Waals surface area contributed by atoms with Crippen molar-refractivity contribution in [3.8, 4) is 0 Å². The van der Waals surface area contributed by atoms with E-state index >= 15 is 0 Å². The Kier molecular flexibility index (Phi) is 6.48. The largest absolute Gasteiger partial charge is 0.342 e. The van der Waals surface area contributed by atoms with Gasteiger partial charge in [0.25, 0.3) is 0 Å². The number of carbonyl (C=O) groups is 3. The number of hydrogen-bond donors (Lipinski definition) is 2. The van der Waals surface area contributed by atoms with Crippen LogP contribution >= 0.6 is 0 Å². The lowest BCUT2D eigenvalue weighted by atomic mass is 9.87. The highest BCUT2D eigenvalue weighted by Gasteiger charge is 2.31. The Balaban J connectivity index is 1.49. The third kappa shape index (κ3) is 5.31. The van der Waals surface area contributed by atoms with Gasteiger partial charge in [-0.2, -0.15) is 0 Å². The maximum atomic E-state index is 12.6. The number of hydrogen-bond acceptors (Lipinski definition) is 3. The zero-order valence-corrected chi connectivity index (χ0v) is 16.0. The topological polar surface area (TPSA) is 78.5 Å². The molecule has 27 heavy (non-hydrogen) atoms. The van der Waals surface area contributed by atoms with E-state index in [1.165, 1.54) is 13.3 Å². The van der Waals surface area contributed by atoms with Gasteiger partial charge in [-0.3, -0.25) is 14.4 Å². The van der Waals surface area contributed by atoms with Crippen molar-refractivity contribution in [2.24, 2.45) is 11.8 Å². The summed E-state index contributed by atoms with van der Waals surface area (Å²) >= 11 is 0. The first-order chi connectivity index (χ1) is 13.0. The van der Waals surface area contributed by atoms with Gasteiger partial charge in [0, 0.05) is 43.2 Å². The molecule has 1 heterocycles. The molecule has 0 atom stereocenters. The number of likely N-dealkylation sites (tertiary alicyclic amines) is 1. The minimum atomic E-state index is -0.145. The van der Waals surface area contributed by atoms with Crippen molar-refractivity contribution in [3.05, 3.63) is 24.3 Å². The zero-order valence-electron chi connectivity index (χ0n) is 16.0. The van der Waals surface area contributed by atoms with Crippen LogP contribution in [0.3, 0.4) is 0 Å². The summed E-state index contributed by atoms with van der Waals surface area (Å²) < 4.78 is 0. The van der Waals surface area contributed by atoms with Crippen molar-refractivity contribution in [1.82, 2.24) is 4.90 Å². The number of rotatable bonds is 4. The van der Waals surface area contributed by atoms with E-state index in [0.29, 0.717) is 37.3 Å². The number of nitrogens with one attached hydrogen (secondary N) is 2. The Morgan fingerprint density at radius 3 is 2.15 bits per heavy atom. The van der Waals surface area contributed by atoms with Gasteiger partial charge in [0.15, 0.2) is 0 Å². The lowest BCUT2D eigenvalue weighted by Gasteiger charge is -2.34. The van der Waals surface area contributed by atoms with Gasteiger partial charge in [0.2, 0.25) is 17.7 Å². The van der Waals surface area contributed by atoms with Crippen LogP contribution in [0.25, 0.3) is 0 Å². The molecule has 2 fully saturated rings. The van der Waals surface area contributed by atoms with Crippen LogP contribution in [0.1, 0.15) is 51.9 Å². The smallest absolute Gasteiger partial charge is 0.227 e. The molecule has 6 nitrogen and oxygen atoms in total. The van der Waals surface area contributed by atoms with Crippen LogP contribution in [-0.2, 0) is 14.4 Å². The third-order valence-corrected chi connectivity index (χ3v) is 5.58. The number of benzene rings is 1. The number of nitrogens with zero attached hydrogens (tertiary/aromatic N) is 1. The number of anilines is 2. The van der Waals surface area contributed by atoms with Crippen LogP contribution < -0.4 is 10.6 Å². The molecule has 2 aliphatic rings. The summed E-state index contributed by atoms with van der Waals surface area (Å²) in [5.74, 6) is 0.246. The molecular weight excluding hydrogens is 342 g/mol. The summed E-state index contributed by atoms with van der Waals surface area (Å²) in [7, 11) is 0. The SMILES string of the molecule is CC(=O)Nc1cccc(NC(=O)C2CCN(C(=O)C3CCCCC3)CC2)c1. The second-order valence-corrected chi connectivity index (χ2v) is 7.69. The highest BCUT2D eigenvalue weighted by atomic mass is 16.2. The molecule has 0 spiro atoms.